The third kappa shape index (κ3) is 4.49. The van der Waals surface area contributed by atoms with Crippen LogP contribution < -0.4 is 0 Å². The van der Waals surface area contributed by atoms with Crippen LogP contribution in [0.3, 0.4) is 0 Å². The number of allylic oxidation sites excluding steroid dienone is 1. The number of alkyl halides is 3. The van der Waals surface area contributed by atoms with Gasteiger partial charge in [0.25, 0.3) is 0 Å². The highest BCUT2D eigenvalue weighted by Gasteiger charge is 2.34. The van der Waals surface area contributed by atoms with Gasteiger partial charge in [-0.3, -0.25) is 0 Å². The molecule has 0 aromatic heterocycles. The predicted molar refractivity (Wildman–Crippen MR) is 81.9 cm³/mol. The zero-order valence-corrected chi connectivity index (χ0v) is 12.2. The monoisotopic (exact) mass is 324 g/mol. The Morgan fingerprint density at radius 3 is 2.09 bits per heavy atom. The molecule has 0 aliphatic rings. The Morgan fingerprint density at radius 1 is 0.955 bits per heavy atom. The molecule has 0 N–H and O–H groups in total. The lowest BCUT2D eigenvalue weighted by atomic mass is 10.1. The minimum absolute atomic E-state index is 0.0229. The molecule has 114 valence electrons. The van der Waals surface area contributed by atoms with Gasteiger partial charge in [-0.15, -0.1) is 0 Å². The average Bonchev–Trinajstić information content (AvgIpc) is 2.48. The fraction of sp³-hybridized carbons (Fsp3) is 0.0588. The molecule has 0 aliphatic heterocycles. The molecule has 0 bridgehead atoms. The van der Waals surface area contributed by atoms with Gasteiger partial charge in [-0.1, -0.05) is 48.7 Å². The number of rotatable bonds is 4. The van der Waals surface area contributed by atoms with Crippen LogP contribution in [0.25, 0.3) is 6.08 Å². The van der Waals surface area contributed by atoms with Crippen LogP contribution in [0.15, 0.2) is 76.5 Å². The van der Waals surface area contributed by atoms with Crippen molar-refractivity contribution in [2.45, 2.75) is 11.1 Å². The van der Waals surface area contributed by atoms with E-state index in [9.17, 15) is 17.6 Å². The summed E-state index contributed by atoms with van der Waals surface area (Å²) in [5.41, 5.74) is -0.289. The Kier molecular flexibility index (Phi) is 5.08. The molecule has 2 rings (SSSR count). The first kappa shape index (κ1) is 16.4. The molecule has 2 aromatic carbocycles. The van der Waals surface area contributed by atoms with Crippen LogP contribution in [-0.4, -0.2) is 6.18 Å². The van der Waals surface area contributed by atoms with E-state index in [0.29, 0.717) is 10.5 Å². The van der Waals surface area contributed by atoms with Gasteiger partial charge in [0.15, 0.2) is 0 Å². The topological polar surface area (TPSA) is 0 Å². The first-order chi connectivity index (χ1) is 10.4. The minimum atomic E-state index is -4.52. The van der Waals surface area contributed by atoms with Gasteiger partial charge in [0.1, 0.15) is 5.82 Å². The van der Waals surface area contributed by atoms with Crippen LogP contribution in [0.4, 0.5) is 17.6 Å². The summed E-state index contributed by atoms with van der Waals surface area (Å²) in [5.74, 6) is -0.437. The molecule has 0 aliphatic carbocycles. The second kappa shape index (κ2) is 6.83. The van der Waals surface area contributed by atoms with Crippen molar-refractivity contribution in [3.63, 3.8) is 0 Å². The molecule has 0 unspecified atom stereocenters. The van der Waals surface area contributed by atoms with Crippen LogP contribution in [0.1, 0.15) is 5.56 Å². The zero-order chi connectivity index (χ0) is 16.2. The van der Waals surface area contributed by atoms with Gasteiger partial charge in [-0.25, -0.2) is 4.39 Å². The predicted octanol–water partition coefficient (Wildman–Crippen LogP) is 6.08. The van der Waals surface area contributed by atoms with Gasteiger partial charge >= 0.3 is 6.18 Å². The molecule has 0 atom stereocenters. The fourth-order valence-electron chi connectivity index (χ4n) is 1.65. The molecular weight excluding hydrogens is 312 g/mol. The Labute approximate surface area is 130 Å². The third-order valence-electron chi connectivity index (χ3n) is 2.78. The fourth-order valence-corrected chi connectivity index (χ4v) is 2.61. The maximum Gasteiger partial charge on any atom is 0.416 e. The molecule has 0 nitrogen and oxygen atoms in total. The van der Waals surface area contributed by atoms with Crippen LogP contribution in [0, 0.1) is 5.82 Å². The van der Waals surface area contributed by atoms with Gasteiger partial charge in [0.2, 0.25) is 0 Å². The molecule has 22 heavy (non-hydrogen) atoms. The third-order valence-corrected chi connectivity index (χ3v) is 3.87. The van der Waals surface area contributed by atoms with Gasteiger partial charge in [0.05, 0.1) is 5.57 Å². The molecule has 5 heteroatoms. The summed E-state index contributed by atoms with van der Waals surface area (Å²) in [6, 6.07) is 13.9. The van der Waals surface area contributed by atoms with Crippen LogP contribution in [0.2, 0.25) is 0 Å². The summed E-state index contributed by atoms with van der Waals surface area (Å²) in [5, 5.41) is 0. The number of halogens is 4. The van der Waals surface area contributed by atoms with E-state index in [1.165, 1.54) is 30.3 Å². The van der Waals surface area contributed by atoms with E-state index in [0.717, 1.165) is 11.8 Å². The number of hydrogen-bond donors (Lipinski definition) is 0. The van der Waals surface area contributed by atoms with Gasteiger partial charge in [0, 0.05) is 9.80 Å². The van der Waals surface area contributed by atoms with Crippen molar-refractivity contribution in [2.75, 3.05) is 0 Å². The Hall–Kier alpha value is -2.01. The quantitative estimate of drug-likeness (QED) is 0.373. The summed E-state index contributed by atoms with van der Waals surface area (Å²) in [7, 11) is 0. The van der Waals surface area contributed by atoms with Crippen molar-refractivity contribution < 1.29 is 17.6 Å². The lowest BCUT2D eigenvalue weighted by Crippen LogP contribution is -2.11. The summed E-state index contributed by atoms with van der Waals surface area (Å²) in [6.07, 6.45) is -3.10. The van der Waals surface area contributed by atoms with Crippen molar-refractivity contribution in [3.05, 3.63) is 83.0 Å². The van der Waals surface area contributed by atoms with E-state index >= 15 is 0 Å². The van der Waals surface area contributed by atoms with Gasteiger partial charge in [-0.05, 0) is 35.9 Å². The molecule has 0 heterocycles. The maximum absolute atomic E-state index is 13.0. The van der Waals surface area contributed by atoms with Crippen molar-refractivity contribution >= 4 is 17.8 Å². The lowest BCUT2D eigenvalue weighted by molar-refractivity contribution is -0.0880. The zero-order valence-electron chi connectivity index (χ0n) is 11.4. The number of hydrogen-bond acceptors (Lipinski definition) is 1. The molecular formula is C17H12F4S. The first-order valence-electron chi connectivity index (χ1n) is 6.33. The van der Waals surface area contributed by atoms with Gasteiger partial charge in [-0.2, -0.15) is 13.2 Å². The second-order valence-electron chi connectivity index (χ2n) is 4.45. The Morgan fingerprint density at radius 2 is 1.55 bits per heavy atom. The SMILES string of the molecule is C=C(/C(=C\c1ccccc1)Sc1ccc(F)cc1)C(F)(F)F. The highest BCUT2D eigenvalue weighted by molar-refractivity contribution is 8.03. The van der Waals surface area contributed by atoms with E-state index in [1.807, 2.05) is 0 Å². The summed E-state index contributed by atoms with van der Waals surface area (Å²) < 4.78 is 51.8. The minimum Gasteiger partial charge on any atom is -0.207 e. The molecule has 2 aromatic rings. The van der Waals surface area contributed by atoms with Crippen LogP contribution in [0.5, 0.6) is 0 Å². The first-order valence-corrected chi connectivity index (χ1v) is 7.14. The van der Waals surface area contributed by atoms with Crippen molar-refractivity contribution in [1.82, 2.24) is 0 Å². The van der Waals surface area contributed by atoms with Crippen LogP contribution >= 0.6 is 11.8 Å². The summed E-state index contributed by atoms with van der Waals surface area (Å²) in [4.78, 5) is 0.485. The molecule has 0 amide bonds. The Balaban J connectivity index is 2.35. The summed E-state index contributed by atoms with van der Waals surface area (Å²) in [6.45, 7) is 3.15. The van der Waals surface area contributed by atoms with Gasteiger partial charge < -0.3 is 0 Å². The van der Waals surface area contributed by atoms with Crippen LogP contribution in [-0.2, 0) is 0 Å². The standard InChI is InChI=1S/C17H12F4S/c1-12(17(19,20)21)16(11-13-5-3-2-4-6-13)22-15-9-7-14(18)8-10-15/h2-11H,1H2/b16-11+. The van der Waals surface area contributed by atoms with E-state index in [1.54, 1.807) is 30.3 Å². The largest absolute Gasteiger partial charge is 0.416 e. The van der Waals surface area contributed by atoms with E-state index in [-0.39, 0.29) is 4.91 Å². The van der Waals surface area contributed by atoms with E-state index in [4.69, 9.17) is 0 Å². The molecule has 0 fully saturated rings. The average molecular weight is 324 g/mol. The van der Waals surface area contributed by atoms with E-state index < -0.39 is 17.6 Å². The van der Waals surface area contributed by atoms with E-state index in [2.05, 4.69) is 6.58 Å². The van der Waals surface area contributed by atoms with Crippen molar-refractivity contribution in [3.8, 4) is 0 Å². The molecule has 0 spiro atoms. The maximum atomic E-state index is 13.0. The Bertz CT molecular complexity index is 670. The highest BCUT2D eigenvalue weighted by atomic mass is 32.2. The molecule has 0 radical (unpaired) electrons. The molecule has 0 saturated carbocycles. The van der Waals surface area contributed by atoms with Crippen molar-refractivity contribution in [2.24, 2.45) is 0 Å². The smallest absolute Gasteiger partial charge is 0.207 e. The second-order valence-corrected chi connectivity index (χ2v) is 5.57. The summed E-state index contributed by atoms with van der Waals surface area (Å²) >= 11 is 0.902. The van der Waals surface area contributed by atoms with Crippen molar-refractivity contribution in [1.29, 1.82) is 0 Å². The molecule has 0 saturated heterocycles. The normalized spacial score (nSPS) is 12.3. The highest BCUT2D eigenvalue weighted by Crippen LogP contribution is 2.40. The number of benzene rings is 2. The lowest BCUT2D eigenvalue weighted by Gasteiger charge is -2.14. The number of thioether (sulfide) groups is 1.